The summed E-state index contributed by atoms with van der Waals surface area (Å²) in [7, 11) is 0. The van der Waals surface area contributed by atoms with E-state index in [2.05, 4.69) is 45.4 Å². The van der Waals surface area contributed by atoms with Crippen LogP contribution < -0.4 is 5.32 Å². The van der Waals surface area contributed by atoms with Crippen molar-refractivity contribution >= 4 is 22.9 Å². The maximum absolute atomic E-state index is 11.9. The first kappa shape index (κ1) is 19.6. The van der Waals surface area contributed by atoms with Gasteiger partial charge >= 0.3 is 6.09 Å². The lowest BCUT2D eigenvalue weighted by Gasteiger charge is -2.11. The molecule has 0 aliphatic rings. The standard InChI is InChI=1S/C24H24N4O2/c1-14(2)30-24(29)26-18-10-9-16(4)20(12-18)22-27-21-11-17(13-25-23(21)28-22)19-8-6-5-7-15(19)3/h5-14H,1-4H3,(H,26,29)(H,25,27,28). The molecule has 0 radical (unpaired) electrons. The molecule has 0 spiro atoms. The van der Waals surface area contributed by atoms with Crippen LogP contribution in [0.15, 0.2) is 54.7 Å². The Hall–Kier alpha value is -3.67. The smallest absolute Gasteiger partial charge is 0.411 e. The minimum absolute atomic E-state index is 0.182. The normalized spacial score (nSPS) is 11.1. The number of hydrogen-bond acceptors (Lipinski definition) is 4. The SMILES string of the molecule is Cc1ccccc1-c1cnc2nc(-c3cc(NC(=O)OC(C)C)ccc3C)[nH]c2c1. The molecule has 30 heavy (non-hydrogen) atoms. The van der Waals surface area contributed by atoms with Crippen LogP contribution in [0.1, 0.15) is 25.0 Å². The van der Waals surface area contributed by atoms with E-state index in [9.17, 15) is 4.79 Å². The first-order chi connectivity index (χ1) is 14.4. The van der Waals surface area contributed by atoms with Gasteiger partial charge in [0.05, 0.1) is 11.6 Å². The van der Waals surface area contributed by atoms with Crippen LogP contribution in [0.25, 0.3) is 33.7 Å². The largest absolute Gasteiger partial charge is 0.447 e. The van der Waals surface area contributed by atoms with Gasteiger partial charge in [-0.2, -0.15) is 0 Å². The van der Waals surface area contributed by atoms with E-state index in [1.54, 1.807) is 0 Å². The van der Waals surface area contributed by atoms with Crippen molar-refractivity contribution in [3.8, 4) is 22.5 Å². The second kappa shape index (κ2) is 7.99. The number of imidazole rings is 1. The first-order valence-electron chi connectivity index (χ1n) is 9.91. The number of ether oxygens (including phenoxy) is 1. The van der Waals surface area contributed by atoms with E-state index in [0.717, 1.165) is 27.8 Å². The molecule has 0 atom stereocenters. The van der Waals surface area contributed by atoms with Crippen molar-refractivity contribution in [3.05, 3.63) is 65.9 Å². The molecule has 0 unspecified atom stereocenters. The zero-order valence-electron chi connectivity index (χ0n) is 17.5. The number of hydrogen-bond donors (Lipinski definition) is 2. The topological polar surface area (TPSA) is 79.9 Å². The number of amides is 1. The van der Waals surface area contributed by atoms with Gasteiger partial charge in [-0.1, -0.05) is 30.3 Å². The molecule has 6 heteroatoms. The number of nitrogens with zero attached hydrogens (tertiary/aromatic N) is 2. The third kappa shape index (κ3) is 4.03. The Kier molecular flexibility index (Phi) is 5.23. The summed E-state index contributed by atoms with van der Waals surface area (Å²) in [4.78, 5) is 24.5. The van der Waals surface area contributed by atoms with E-state index in [1.807, 2.05) is 57.3 Å². The van der Waals surface area contributed by atoms with E-state index in [4.69, 9.17) is 4.74 Å². The minimum Gasteiger partial charge on any atom is -0.447 e. The summed E-state index contributed by atoms with van der Waals surface area (Å²) >= 11 is 0. The highest BCUT2D eigenvalue weighted by Gasteiger charge is 2.13. The number of aryl methyl sites for hydroxylation is 2. The maximum atomic E-state index is 11.9. The Morgan fingerprint density at radius 2 is 1.80 bits per heavy atom. The zero-order valence-corrected chi connectivity index (χ0v) is 17.5. The molecule has 0 aliphatic heterocycles. The molecule has 152 valence electrons. The number of benzene rings is 2. The summed E-state index contributed by atoms with van der Waals surface area (Å²) in [6.07, 6.45) is 1.19. The summed E-state index contributed by atoms with van der Waals surface area (Å²) in [5.41, 5.74) is 7.48. The number of rotatable bonds is 4. The van der Waals surface area contributed by atoms with Crippen molar-refractivity contribution in [2.45, 2.75) is 33.8 Å². The van der Waals surface area contributed by atoms with Crippen molar-refractivity contribution in [1.29, 1.82) is 0 Å². The van der Waals surface area contributed by atoms with Crippen molar-refractivity contribution in [2.75, 3.05) is 5.32 Å². The summed E-state index contributed by atoms with van der Waals surface area (Å²) in [5, 5.41) is 2.76. The van der Waals surface area contributed by atoms with Crippen molar-refractivity contribution < 1.29 is 9.53 Å². The number of aromatic nitrogens is 3. The summed E-state index contributed by atoms with van der Waals surface area (Å²) in [6.45, 7) is 7.72. The Balaban J connectivity index is 1.69. The fourth-order valence-electron chi connectivity index (χ4n) is 3.39. The quantitative estimate of drug-likeness (QED) is 0.449. The van der Waals surface area contributed by atoms with Crippen LogP contribution in [0.4, 0.5) is 10.5 Å². The Morgan fingerprint density at radius 3 is 2.57 bits per heavy atom. The molecule has 0 bridgehead atoms. The molecule has 2 N–H and O–H groups in total. The summed E-state index contributed by atoms with van der Waals surface area (Å²) in [5.74, 6) is 0.706. The molecule has 1 amide bonds. The van der Waals surface area contributed by atoms with Gasteiger partial charge in [-0.15, -0.1) is 0 Å². The van der Waals surface area contributed by atoms with Crippen molar-refractivity contribution in [3.63, 3.8) is 0 Å². The maximum Gasteiger partial charge on any atom is 0.411 e. The summed E-state index contributed by atoms with van der Waals surface area (Å²) in [6, 6.07) is 16.0. The van der Waals surface area contributed by atoms with Gasteiger partial charge in [0.2, 0.25) is 0 Å². The molecule has 2 heterocycles. The Bertz CT molecular complexity index is 1230. The average molecular weight is 400 g/mol. The van der Waals surface area contributed by atoms with Crippen LogP contribution in [-0.2, 0) is 4.74 Å². The van der Waals surface area contributed by atoms with Crippen LogP contribution in [0.2, 0.25) is 0 Å². The van der Waals surface area contributed by atoms with Crippen LogP contribution in [0, 0.1) is 13.8 Å². The van der Waals surface area contributed by atoms with E-state index < -0.39 is 6.09 Å². The number of nitrogens with one attached hydrogen (secondary N) is 2. The van der Waals surface area contributed by atoms with Gasteiger partial charge in [0.15, 0.2) is 5.65 Å². The van der Waals surface area contributed by atoms with Crippen LogP contribution in [0.3, 0.4) is 0 Å². The molecule has 0 saturated heterocycles. The minimum atomic E-state index is -0.478. The molecule has 4 rings (SSSR count). The monoisotopic (exact) mass is 400 g/mol. The number of carbonyl (C=O) groups is 1. The number of anilines is 1. The van der Waals surface area contributed by atoms with Crippen molar-refractivity contribution in [1.82, 2.24) is 15.0 Å². The summed E-state index contributed by atoms with van der Waals surface area (Å²) < 4.78 is 5.16. The molecule has 6 nitrogen and oxygen atoms in total. The molecular weight excluding hydrogens is 376 g/mol. The van der Waals surface area contributed by atoms with E-state index in [-0.39, 0.29) is 6.10 Å². The number of carbonyl (C=O) groups excluding carboxylic acids is 1. The second-order valence-corrected chi connectivity index (χ2v) is 7.60. The van der Waals surface area contributed by atoms with Crippen LogP contribution in [0.5, 0.6) is 0 Å². The highest BCUT2D eigenvalue weighted by atomic mass is 16.6. The van der Waals surface area contributed by atoms with Crippen LogP contribution >= 0.6 is 0 Å². The van der Waals surface area contributed by atoms with Gasteiger partial charge in [0.25, 0.3) is 0 Å². The van der Waals surface area contributed by atoms with Gasteiger partial charge in [0.1, 0.15) is 5.82 Å². The Morgan fingerprint density at radius 1 is 1.03 bits per heavy atom. The highest BCUT2D eigenvalue weighted by Crippen LogP contribution is 2.29. The third-order valence-electron chi connectivity index (χ3n) is 4.88. The van der Waals surface area contributed by atoms with E-state index in [0.29, 0.717) is 17.2 Å². The lowest BCUT2D eigenvalue weighted by atomic mass is 10.0. The molecule has 0 aliphatic carbocycles. The predicted molar refractivity (Wildman–Crippen MR) is 119 cm³/mol. The fourth-order valence-corrected chi connectivity index (χ4v) is 3.39. The highest BCUT2D eigenvalue weighted by molar-refractivity contribution is 5.87. The Labute approximate surface area is 175 Å². The second-order valence-electron chi connectivity index (χ2n) is 7.60. The first-order valence-corrected chi connectivity index (χ1v) is 9.91. The lowest BCUT2D eigenvalue weighted by molar-refractivity contribution is 0.130. The molecule has 2 aromatic carbocycles. The fraction of sp³-hybridized carbons (Fsp3) is 0.208. The molecule has 2 aromatic heterocycles. The predicted octanol–water partition coefficient (Wildman–Crippen LogP) is 5.87. The average Bonchev–Trinajstić information content (AvgIpc) is 3.12. The third-order valence-corrected chi connectivity index (χ3v) is 4.88. The van der Waals surface area contributed by atoms with Gasteiger partial charge in [-0.25, -0.2) is 14.8 Å². The molecule has 0 fully saturated rings. The lowest BCUT2D eigenvalue weighted by Crippen LogP contribution is -2.18. The number of aromatic amines is 1. The van der Waals surface area contributed by atoms with Gasteiger partial charge < -0.3 is 9.72 Å². The van der Waals surface area contributed by atoms with Crippen LogP contribution in [-0.4, -0.2) is 27.1 Å². The molecule has 4 aromatic rings. The zero-order chi connectivity index (χ0) is 21.3. The molecule has 0 saturated carbocycles. The number of H-pyrrole nitrogens is 1. The van der Waals surface area contributed by atoms with E-state index in [1.165, 1.54) is 5.56 Å². The van der Waals surface area contributed by atoms with Gasteiger partial charge in [-0.3, -0.25) is 5.32 Å². The molecular formula is C24H24N4O2. The number of pyridine rings is 1. The van der Waals surface area contributed by atoms with Gasteiger partial charge in [0, 0.05) is 23.0 Å². The van der Waals surface area contributed by atoms with E-state index >= 15 is 0 Å². The van der Waals surface area contributed by atoms with Gasteiger partial charge in [-0.05, 0) is 62.6 Å². The number of fused-ring (bicyclic) bond motifs is 1. The van der Waals surface area contributed by atoms with Crippen molar-refractivity contribution in [2.24, 2.45) is 0 Å².